The smallest absolute Gasteiger partial charge is 0.286 e. The number of halogens is 1. The number of fused-ring (bicyclic) bond motifs is 1. The molecule has 1 amide bonds. The normalized spacial score (nSPS) is 11.0. The van der Waals surface area contributed by atoms with Gasteiger partial charge in [0.2, 0.25) is 5.82 Å². The van der Waals surface area contributed by atoms with Crippen LogP contribution in [-0.2, 0) is 13.5 Å². The van der Waals surface area contributed by atoms with Crippen LogP contribution in [0.3, 0.4) is 0 Å². The predicted octanol–water partition coefficient (Wildman–Crippen LogP) is 1.71. The first kappa shape index (κ1) is 13.5. The van der Waals surface area contributed by atoms with Crippen molar-refractivity contribution >= 4 is 28.4 Å². The van der Waals surface area contributed by atoms with Gasteiger partial charge in [-0.15, -0.1) is 10.2 Å². The van der Waals surface area contributed by atoms with E-state index in [2.05, 4.69) is 15.2 Å². The van der Waals surface area contributed by atoms with Crippen LogP contribution in [0, 0.1) is 0 Å². The summed E-state index contributed by atoms with van der Waals surface area (Å²) in [4.78, 5) is 15.4. The lowest BCUT2D eigenvalue weighted by molar-refractivity contribution is 0.0987. The zero-order valence-electron chi connectivity index (χ0n) is 11.2. The zero-order valence-corrected chi connectivity index (χ0v) is 12.0. The fraction of sp³-hybridized carbons (Fsp3) is 0.143. The van der Waals surface area contributed by atoms with Gasteiger partial charge in [0.25, 0.3) is 5.91 Å². The maximum Gasteiger partial charge on any atom is 0.286 e. The summed E-state index contributed by atoms with van der Waals surface area (Å²) in [6.07, 6.45) is 2.16. The van der Waals surface area contributed by atoms with E-state index in [4.69, 9.17) is 17.3 Å². The van der Waals surface area contributed by atoms with Crippen molar-refractivity contribution in [1.82, 2.24) is 19.7 Å². The number of nitrogens with two attached hydrogens (primary N) is 1. The second-order valence-electron chi connectivity index (χ2n) is 4.72. The minimum atomic E-state index is -0.592. The molecular formula is C14H12ClN5O. The Kier molecular flexibility index (Phi) is 3.31. The summed E-state index contributed by atoms with van der Waals surface area (Å²) in [6.45, 7) is 0. The van der Waals surface area contributed by atoms with Crippen molar-refractivity contribution in [2.24, 2.45) is 12.8 Å². The third-order valence-electron chi connectivity index (χ3n) is 3.26. The van der Waals surface area contributed by atoms with Gasteiger partial charge < -0.3 is 10.3 Å². The lowest BCUT2D eigenvalue weighted by atomic mass is 10.1. The molecule has 0 saturated carbocycles. The molecule has 0 aliphatic carbocycles. The molecule has 2 N–H and O–H groups in total. The van der Waals surface area contributed by atoms with Crippen LogP contribution in [0.1, 0.15) is 22.0 Å². The molecule has 0 radical (unpaired) electrons. The Bertz CT molecular complexity index is 842. The molecule has 106 valence electrons. The standard InChI is InChI=1S/C14H12ClN5O/c1-20-12(18-19-14(20)13(16)21)5-8-2-3-11-9(4-8)6-10(15)7-17-11/h2-4,6-7H,5H2,1H3,(H2,16,21). The number of primary amides is 1. The predicted molar refractivity (Wildman–Crippen MR) is 79.1 cm³/mol. The monoisotopic (exact) mass is 301 g/mol. The molecule has 0 bridgehead atoms. The first-order valence-corrected chi connectivity index (χ1v) is 6.64. The molecule has 21 heavy (non-hydrogen) atoms. The number of hydrogen-bond acceptors (Lipinski definition) is 4. The minimum Gasteiger partial charge on any atom is -0.363 e. The van der Waals surface area contributed by atoms with Crippen LogP contribution in [0.5, 0.6) is 0 Å². The maximum atomic E-state index is 11.2. The molecule has 0 spiro atoms. The minimum absolute atomic E-state index is 0.149. The van der Waals surface area contributed by atoms with Crippen LogP contribution in [0.4, 0.5) is 0 Å². The molecule has 0 fully saturated rings. The topological polar surface area (TPSA) is 86.7 Å². The number of rotatable bonds is 3. The van der Waals surface area contributed by atoms with Crippen LogP contribution in [-0.4, -0.2) is 25.7 Å². The van der Waals surface area contributed by atoms with Gasteiger partial charge in [0.15, 0.2) is 0 Å². The molecule has 0 saturated heterocycles. The van der Waals surface area contributed by atoms with Crippen molar-refractivity contribution in [3.63, 3.8) is 0 Å². The molecule has 6 nitrogen and oxygen atoms in total. The Balaban J connectivity index is 1.96. The van der Waals surface area contributed by atoms with E-state index in [1.54, 1.807) is 17.8 Å². The van der Waals surface area contributed by atoms with Crippen LogP contribution >= 0.6 is 11.6 Å². The van der Waals surface area contributed by atoms with E-state index in [0.29, 0.717) is 17.3 Å². The highest BCUT2D eigenvalue weighted by Gasteiger charge is 2.13. The molecule has 0 aliphatic rings. The fourth-order valence-corrected chi connectivity index (χ4v) is 2.34. The van der Waals surface area contributed by atoms with Crippen molar-refractivity contribution in [2.45, 2.75) is 6.42 Å². The molecule has 0 atom stereocenters. The average molecular weight is 302 g/mol. The van der Waals surface area contributed by atoms with Gasteiger partial charge in [-0.05, 0) is 23.8 Å². The number of amides is 1. The van der Waals surface area contributed by atoms with Crippen LogP contribution in [0.15, 0.2) is 30.5 Å². The van der Waals surface area contributed by atoms with Crippen molar-refractivity contribution in [3.8, 4) is 0 Å². The van der Waals surface area contributed by atoms with Crippen molar-refractivity contribution in [1.29, 1.82) is 0 Å². The second kappa shape index (κ2) is 5.14. The Morgan fingerprint density at radius 1 is 1.33 bits per heavy atom. The van der Waals surface area contributed by atoms with E-state index in [1.165, 1.54) is 0 Å². The van der Waals surface area contributed by atoms with E-state index < -0.39 is 5.91 Å². The SMILES string of the molecule is Cn1c(Cc2ccc3ncc(Cl)cc3c2)nnc1C(N)=O. The van der Waals surface area contributed by atoms with Gasteiger partial charge in [0.1, 0.15) is 5.82 Å². The molecule has 0 unspecified atom stereocenters. The van der Waals surface area contributed by atoms with Gasteiger partial charge in [-0.1, -0.05) is 17.7 Å². The first-order chi connectivity index (χ1) is 10.0. The number of carbonyl (C=O) groups excluding carboxylic acids is 1. The van der Waals surface area contributed by atoms with Crippen LogP contribution in [0.2, 0.25) is 5.02 Å². The molecule has 7 heteroatoms. The molecule has 0 aliphatic heterocycles. The van der Waals surface area contributed by atoms with Gasteiger partial charge in [-0.3, -0.25) is 9.78 Å². The van der Waals surface area contributed by atoms with E-state index in [1.807, 2.05) is 24.3 Å². The van der Waals surface area contributed by atoms with Gasteiger partial charge in [0, 0.05) is 25.1 Å². The largest absolute Gasteiger partial charge is 0.363 e. The summed E-state index contributed by atoms with van der Waals surface area (Å²) in [7, 11) is 1.72. The highest BCUT2D eigenvalue weighted by molar-refractivity contribution is 6.31. The number of pyridine rings is 1. The molecule has 1 aromatic carbocycles. The third kappa shape index (κ3) is 2.57. The Morgan fingerprint density at radius 2 is 2.14 bits per heavy atom. The molecule has 2 heterocycles. The fourth-order valence-electron chi connectivity index (χ4n) is 2.18. The van der Waals surface area contributed by atoms with Gasteiger partial charge in [-0.2, -0.15) is 0 Å². The molecule has 2 aromatic heterocycles. The molecule has 3 rings (SSSR count). The number of carbonyl (C=O) groups is 1. The molecule has 3 aromatic rings. The van der Waals surface area contributed by atoms with Crippen molar-refractivity contribution in [2.75, 3.05) is 0 Å². The lowest BCUT2D eigenvalue weighted by Crippen LogP contribution is -2.17. The Labute approximate surface area is 125 Å². The summed E-state index contributed by atoms with van der Waals surface area (Å²) in [5.74, 6) is 0.222. The summed E-state index contributed by atoms with van der Waals surface area (Å²) >= 11 is 5.95. The zero-order chi connectivity index (χ0) is 15.0. The average Bonchev–Trinajstić information content (AvgIpc) is 2.80. The number of hydrogen-bond donors (Lipinski definition) is 1. The van der Waals surface area contributed by atoms with E-state index in [-0.39, 0.29) is 5.82 Å². The molecular weight excluding hydrogens is 290 g/mol. The van der Waals surface area contributed by atoms with Crippen LogP contribution < -0.4 is 5.73 Å². The second-order valence-corrected chi connectivity index (χ2v) is 5.16. The van der Waals surface area contributed by atoms with Gasteiger partial charge >= 0.3 is 0 Å². The Morgan fingerprint density at radius 3 is 2.86 bits per heavy atom. The number of nitrogens with zero attached hydrogens (tertiary/aromatic N) is 4. The van der Waals surface area contributed by atoms with Gasteiger partial charge in [0.05, 0.1) is 10.5 Å². The van der Waals surface area contributed by atoms with Crippen molar-refractivity contribution in [3.05, 3.63) is 52.7 Å². The summed E-state index contributed by atoms with van der Waals surface area (Å²) < 4.78 is 1.60. The van der Waals surface area contributed by atoms with Gasteiger partial charge in [-0.25, -0.2) is 0 Å². The first-order valence-electron chi connectivity index (χ1n) is 6.27. The highest BCUT2D eigenvalue weighted by Crippen LogP contribution is 2.19. The van der Waals surface area contributed by atoms with Crippen molar-refractivity contribution < 1.29 is 4.79 Å². The number of aromatic nitrogens is 4. The Hall–Kier alpha value is -2.47. The number of benzene rings is 1. The third-order valence-corrected chi connectivity index (χ3v) is 3.47. The summed E-state index contributed by atoms with van der Waals surface area (Å²) in [5.41, 5.74) is 7.13. The summed E-state index contributed by atoms with van der Waals surface area (Å²) in [6, 6.07) is 7.74. The lowest BCUT2D eigenvalue weighted by Gasteiger charge is -2.04. The van der Waals surface area contributed by atoms with Crippen LogP contribution in [0.25, 0.3) is 10.9 Å². The van der Waals surface area contributed by atoms with E-state index in [0.717, 1.165) is 16.5 Å². The highest BCUT2D eigenvalue weighted by atomic mass is 35.5. The quantitative estimate of drug-likeness (QED) is 0.798. The maximum absolute atomic E-state index is 11.2. The van der Waals surface area contributed by atoms with E-state index >= 15 is 0 Å². The van der Waals surface area contributed by atoms with E-state index in [9.17, 15) is 4.79 Å². The summed E-state index contributed by atoms with van der Waals surface area (Å²) in [5, 5.41) is 9.34.